The fraction of sp³-hybridized carbons (Fsp3) is 0.333. The molecule has 0 aromatic heterocycles. The molecule has 0 saturated heterocycles. The van der Waals surface area contributed by atoms with Gasteiger partial charge in [0.2, 0.25) is 0 Å². The first-order valence-electron chi connectivity index (χ1n) is 12.5. The third-order valence-corrected chi connectivity index (χ3v) is 5.45. The van der Waals surface area contributed by atoms with Crippen LogP contribution in [-0.4, -0.2) is 0 Å². The third-order valence-electron chi connectivity index (χ3n) is 5.45. The maximum absolute atomic E-state index is 2.25. The Kier molecular flexibility index (Phi) is 8.89. The van der Waals surface area contributed by atoms with Crippen LogP contribution in [0.15, 0.2) is 84.9 Å². The molecule has 0 heterocycles. The van der Waals surface area contributed by atoms with Gasteiger partial charge in [0, 0.05) is 0 Å². The van der Waals surface area contributed by atoms with Gasteiger partial charge in [0.05, 0.1) is 0 Å². The van der Waals surface area contributed by atoms with Crippen molar-refractivity contribution in [2.45, 2.75) is 60.8 Å². The molecule has 0 nitrogen and oxygen atoms in total. The quantitative estimate of drug-likeness (QED) is 0.227. The molecule has 0 radical (unpaired) electrons. The molecular weight excluding hydrogens is 396 g/mol. The summed E-state index contributed by atoms with van der Waals surface area (Å²) in [4.78, 5) is 0. The van der Waals surface area contributed by atoms with Crippen molar-refractivity contribution in [2.75, 3.05) is 0 Å². The molecule has 4 aromatic rings. The summed E-state index contributed by atoms with van der Waals surface area (Å²) in [7, 11) is 0. The van der Waals surface area contributed by atoms with Crippen molar-refractivity contribution < 1.29 is 0 Å². The van der Waals surface area contributed by atoms with Crippen LogP contribution in [0.4, 0.5) is 0 Å². The Hall–Kier alpha value is -2.86. The van der Waals surface area contributed by atoms with Gasteiger partial charge in [0.1, 0.15) is 0 Å². The number of aryl methyl sites for hydroxylation is 2. The number of fused-ring (bicyclic) bond motifs is 3. The molecule has 6 rings (SSSR count). The highest BCUT2D eigenvalue weighted by molar-refractivity contribution is 5.90. The fourth-order valence-electron chi connectivity index (χ4n) is 4.27. The van der Waals surface area contributed by atoms with Crippen LogP contribution in [0.1, 0.15) is 63.8 Å². The van der Waals surface area contributed by atoms with E-state index < -0.39 is 0 Å². The molecule has 172 valence electrons. The molecule has 33 heavy (non-hydrogen) atoms. The Bertz CT molecular complexity index is 1070. The van der Waals surface area contributed by atoms with Crippen LogP contribution in [0.3, 0.4) is 0 Å². The van der Waals surface area contributed by atoms with Gasteiger partial charge in [-0.1, -0.05) is 126 Å². The molecule has 0 fully saturated rings. The van der Waals surface area contributed by atoms with Gasteiger partial charge in [-0.15, -0.1) is 0 Å². The Balaban J connectivity index is 0.000000142. The van der Waals surface area contributed by atoms with E-state index in [-0.39, 0.29) is 0 Å². The molecule has 0 aliphatic heterocycles. The highest BCUT2D eigenvalue weighted by atomic mass is 14.2. The summed E-state index contributed by atoms with van der Waals surface area (Å²) in [5, 5.41) is 2.92. The summed E-state index contributed by atoms with van der Waals surface area (Å²) < 4.78 is 0. The van der Waals surface area contributed by atoms with Crippen LogP contribution in [0.2, 0.25) is 0 Å². The minimum absolute atomic E-state index is 0.833. The molecule has 0 saturated carbocycles. The van der Waals surface area contributed by atoms with E-state index >= 15 is 0 Å². The van der Waals surface area contributed by atoms with Gasteiger partial charge >= 0.3 is 0 Å². The van der Waals surface area contributed by atoms with Crippen molar-refractivity contribution in [1.82, 2.24) is 0 Å². The SMILES string of the molecule is CC(C)C.CC(C)C.c1cc2c3c(cccc3c1)CC2.c1ccc2c(c1)Cc1ccccc1-2. The van der Waals surface area contributed by atoms with Crippen molar-refractivity contribution in [3.8, 4) is 11.1 Å². The van der Waals surface area contributed by atoms with E-state index in [9.17, 15) is 0 Å². The summed E-state index contributed by atoms with van der Waals surface area (Å²) in [6.45, 7) is 13.0. The second-order valence-electron chi connectivity index (χ2n) is 10.4. The summed E-state index contributed by atoms with van der Waals surface area (Å²) in [5.41, 5.74) is 8.81. The number of benzene rings is 4. The highest BCUT2D eigenvalue weighted by Gasteiger charge is 2.16. The van der Waals surface area contributed by atoms with Gasteiger partial charge in [0.15, 0.2) is 0 Å². The lowest BCUT2D eigenvalue weighted by Gasteiger charge is -1.99. The second kappa shape index (κ2) is 11.8. The van der Waals surface area contributed by atoms with Gasteiger partial charge in [-0.05, 0) is 75.3 Å². The lowest BCUT2D eigenvalue weighted by atomic mass is 10.1. The monoisotopic (exact) mass is 436 g/mol. The lowest BCUT2D eigenvalue weighted by molar-refractivity contribution is 0.736. The van der Waals surface area contributed by atoms with Crippen LogP contribution in [0.5, 0.6) is 0 Å². The first kappa shape index (κ1) is 24.8. The summed E-state index contributed by atoms with van der Waals surface area (Å²) in [6, 6.07) is 30.5. The van der Waals surface area contributed by atoms with Crippen molar-refractivity contribution in [3.63, 3.8) is 0 Å². The van der Waals surface area contributed by atoms with E-state index in [0.29, 0.717) is 0 Å². The van der Waals surface area contributed by atoms with Crippen molar-refractivity contribution in [2.24, 2.45) is 11.8 Å². The van der Waals surface area contributed by atoms with Crippen molar-refractivity contribution in [1.29, 1.82) is 0 Å². The van der Waals surface area contributed by atoms with Gasteiger partial charge in [-0.2, -0.15) is 0 Å². The van der Waals surface area contributed by atoms with E-state index in [1.54, 1.807) is 0 Å². The van der Waals surface area contributed by atoms with Gasteiger partial charge in [-0.3, -0.25) is 0 Å². The molecule has 0 bridgehead atoms. The zero-order valence-electron chi connectivity index (χ0n) is 21.4. The molecule has 0 amide bonds. The largest absolute Gasteiger partial charge is 0.0630 e. The van der Waals surface area contributed by atoms with Crippen LogP contribution >= 0.6 is 0 Å². The highest BCUT2D eigenvalue weighted by Crippen LogP contribution is 2.35. The Morgan fingerprint density at radius 1 is 0.455 bits per heavy atom. The topological polar surface area (TPSA) is 0 Å². The summed E-state index contributed by atoms with van der Waals surface area (Å²) in [6.07, 6.45) is 3.57. The molecule has 2 aliphatic carbocycles. The molecule has 4 aromatic carbocycles. The number of hydrogen-bond acceptors (Lipinski definition) is 0. The average molecular weight is 437 g/mol. The number of hydrogen-bond donors (Lipinski definition) is 0. The van der Waals surface area contributed by atoms with E-state index in [1.807, 2.05) is 0 Å². The minimum atomic E-state index is 0.833. The average Bonchev–Trinajstić information content (AvgIpc) is 3.37. The van der Waals surface area contributed by atoms with Gasteiger partial charge < -0.3 is 0 Å². The normalized spacial score (nSPS) is 12.1. The van der Waals surface area contributed by atoms with Crippen molar-refractivity contribution >= 4 is 10.8 Å². The Labute approximate surface area is 201 Å². The van der Waals surface area contributed by atoms with E-state index in [4.69, 9.17) is 0 Å². The Morgan fingerprint density at radius 2 is 0.818 bits per heavy atom. The lowest BCUT2D eigenvalue weighted by Crippen LogP contribution is -1.77. The van der Waals surface area contributed by atoms with Crippen LogP contribution in [0.25, 0.3) is 21.9 Å². The molecule has 0 N–H and O–H groups in total. The van der Waals surface area contributed by atoms with Crippen LogP contribution in [-0.2, 0) is 19.3 Å². The predicted octanol–water partition coefficient (Wildman–Crippen LogP) is 9.52. The van der Waals surface area contributed by atoms with E-state index in [0.717, 1.165) is 18.3 Å². The molecular formula is C33H40. The van der Waals surface area contributed by atoms with Crippen LogP contribution in [0, 0.1) is 11.8 Å². The van der Waals surface area contributed by atoms with Crippen molar-refractivity contribution in [3.05, 3.63) is 107 Å². The van der Waals surface area contributed by atoms with Crippen LogP contribution < -0.4 is 0 Å². The maximum atomic E-state index is 2.25. The molecule has 0 unspecified atom stereocenters. The van der Waals surface area contributed by atoms with E-state index in [1.165, 1.54) is 57.0 Å². The first-order chi connectivity index (χ1) is 15.9. The molecule has 0 heteroatoms. The maximum Gasteiger partial charge on any atom is -0.00135 e. The minimum Gasteiger partial charge on any atom is -0.0630 e. The summed E-state index contributed by atoms with van der Waals surface area (Å²) in [5.74, 6) is 1.67. The summed E-state index contributed by atoms with van der Waals surface area (Å²) >= 11 is 0. The van der Waals surface area contributed by atoms with Gasteiger partial charge in [-0.25, -0.2) is 0 Å². The molecule has 0 spiro atoms. The second-order valence-corrected chi connectivity index (χ2v) is 10.4. The smallest absolute Gasteiger partial charge is 0.00135 e. The fourth-order valence-corrected chi connectivity index (χ4v) is 4.27. The van der Waals surface area contributed by atoms with Gasteiger partial charge in [0.25, 0.3) is 0 Å². The molecule has 2 aliphatic rings. The van der Waals surface area contributed by atoms with E-state index in [2.05, 4.69) is 126 Å². The first-order valence-corrected chi connectivity index (χ1v) is 12.5. The third kappa shape index (κ3) is 6.81. The zero-order chi connectivity index (χ0) is 23.8. The molecule has 0 atom stereocenters. The Morgan fingerprint density at radius 3 is 1.24 bits per heavy atom. The standard InChI is InChI=1S/C13H10.C12H10.2C4H10/c1-3-7-12-10(5-1)9-11-6-2-4-8-13(11)12;1-3-9-4-2-6-11-8-7-10(5-1)12(9)11;2*1-4(2)3/h1-8H,9H2;1-6H,7-8H2;2*4H,1-3H3. The predicted molar refractivity (Wildman–Crippen MR) is 147 cm³/mol. The number of rotatable bonds is 0. The zero-order valence-corrected chi connectivity index (χ0v) is 21.4.